The van der Waals surface area contributed by atoms with Crippen molar-refractivity contribution in [3.8, 4) is 0 Å². The molecule has 1 atom stereocenters. The normalized spacial score (nSPS) is 16.2. The van der Waals surface area contributed by atoms with E-state index in [9.17, 15) is 9.59 Å². The molecule has 27 heavy (non-hydrogen) atoms. The Morgan fingerprint density at radius 1 is 1.22 bits per heavy atom. The Balaban J connectivity index is 1.54. The molecule has 3 amide bonds. The highest BCUT2D eigenvalue weighted by molar-refractivity contribution is 5.94. The third-order valence-corrected chi connectivity index (χ3v) is 4.85. The summed E-state index contributed by atoms with van der Waals surface area (Å²) < 4.78 is 0. The van der Waals surface area contributed by atoms with E-state index in [1.807, 2.05) is 50.2 Å². The second-order valence-electron chi connectivity index (χ2n) is 6.87. The summed E-state index contributed by atoms with van der Waals surface area (Å²) >= 11 is 0. The van der Waals surface area contributed by atoms with Crippen molar-refractivity contribution < 1.29 is 9.59 Å². The van der Waals surface area contributed by atoms with Crippen LogP contribution in [-0.2, 0) is 6.54 Å². The fraction of sp³-hybridized carbons (Fsp3) is 0.381. The molecule has 6 nitrogen and oxygen atoms in total. The topological polar surface area (TPSA) is 65.5 Å². The first-order valence-corrected chi connectivity index (χ1v) is 9.38. The highest BCUT2D eigenvalue weighted by Crippen LogP contribution is 2.14. The molecule has 0 bridgehead atoms. The van der Waals surface area contributed by atoms with E-state index >= 15 is 0 Å². The van der Waals surface area contributed by atoms with Gasteiger partial charge in [-0.1, -0.05) is 30.3 Å². The number of amides is 3. The summed E-state index contributed by atoms with van der Waals surface area (Å²) in [6, 6.07) is 13.5. The quantitative estimate of drug-likeness (QED) is 0.885. The number of carbonyl (C=O) groups is 2. The summed E-state index contributed by atoms with van der Waals surface area (Å²) in [6.45, 7) is 6.24. The second kappa shape index (κ2) is 8.66. The van der Waals surface area contributed by atoms with Crippen molar-refractivity contribution in [3.63, 3.8) is 0 Å². The maximum atomic E-state index is 12.6. The van der Waals surface area contributed by atoms with Gasteiger partial charge in [0.25, 0.3) is 5.91 Å². The molecule has 0 spiro atoms. The third-order valence-electron chi connectivity index (χ3n) is 4.85. The van der Waals surface area contributed by atoms with Crippen LogP contribution in [0, 0.1) is 6.92 Å². The first-order chi connectivity index (χ1) is 13.1. The van der Waals surface area contributed by atoms with Gasteiger partial charge in [0.05, 0.1) is 5.56 Å². The van der Waals surface area contributed by atoms with Gasteiger partial charge in [0.15, 0.2) is 0 Å². The van der Waals surface area contributed by atoms with Gasteiger partial charge in [-0.25, -0.2) is 4.79 Å². The summed E-state index contributed by atoms with van der Waals surface area (Å²) in [5.41, 5.74) is 2.58. The van der Waals surface area contributed by atoms with Crippen molar-refractivity contribution in [2.45, 2.75) is 32.9 Å². The van der Waals surface area contributed by atoms with Gasteiger partial charge in [-0.2, -0.15) is 0 Å². The van der Waals surface area contributed by atoms with Crippen LogP contribution < -0.4 is 5.32 Å². The van der Waals surface area contributed by atoms with E-state index in [-0.39, 0.29) is 18.0 Å². The lowest BCUT2D eigenvalue weighted by molar-refractivity contribution is 0.0788. The standard InChI is InChI=1S/C21H26N4O2/c1-3-24(14-17-7-5-4-6-8-17)21(27)23-19-11-12-25(15-19)20(26)18-10-9-16(2)22-13-18/h4-10,13,19H,3,11-12,14-15H2,1-2H3,(H,23,27). The maximum absolute atomic E-state index is 12.6. The van der Waals surface area contributed by atoms with Crippen LogP contribution in [0.25, 0.3) is 0 Å². The van der Waals surface area contributed by atoms with Gasteiger partial charge >= 0.3 is 6.03 Å². The molecular formula is C21H26N4O2. The van der Waals surface area contributed by atoms with Gasteiger partial charge in [-0.15, -0.1) is 0 Å². The number of urea groups is 1. The highest BCUT2D eigenvalue weighted by atomic mass is 16.2. The van der Waals surface area contributed by atoms with Gasteiger partial charge < -0.3 is 15.1 Å². The Morgan fingerprint density at radius 3 is 2.67 bits per heavy atom. The molecule has 3 rings (SSSR count). The molecule has 2 aromatic rings. The summed E-state index contributed by atoms with van der Waals surface area (Å²) in [6.07, 6.45) is 2.38. The minimum atomic E-state index is -0.0855. The first-order valence-electron chi connectivity index (χ1n) is 9.38. The van der Waals surface area contributed by atoms with E-state index in [1.54, 1.807) is 22.1 Å². The lowest BCUT2D eigenvalue weighted by atomic mass is 10.2. The first kappa shape index (κ1) is 18.9. The van der Waals surface area contributed by atoms with Crippen LogP contribution >= 0.6 is 0 Å². The summed E-state index contributed by atoms with van der Waals surface area (Å²) in [5.74, 6) is -0.0316. The molecule has 0 saturated carbocycles. The smallest absolute Gasteiger partial charge is 0.317 e. The molecular weight excluding hydrogens is 340 g/mol. The van der Waals surface area contributed by atoms with Crippen molar-refractivity contribution >= 4 is 11.9 Å². The summed E-state index contributed by atoms with van der Waals surface area (Å²) in [4.78, 5) is 33.0. The number of hydrogen-bond donors (Lipinski definition) is 1. The Bertz CT molecular complexity index is 777. The molecule has 1 N–H and O–H groups in total. The number of aromatic nitrogens is 1. The molecule has 2 heterocycles. The van der Waals surface area contributed by atoms with E-state index in [1.165, 1.54) is 0 Å². The highest BCUT2D eigenvalue weighted by Gasteiger charge is 2.29. The van der Waals surface area contributed by atoms with Crippen molar-refractivity contribution in [2.24, 2.45) is 0 Å². The Hall–Kier alpha value is -2.89. The van der Waals surface area contributed by atoms with E-state index in [2.05, 4.69) is 10.3 Å². The Morgan fingerprint density at radius 2 is 2.00 bits per heavy atom. The lowest BCUT2D eigenvalue weighted by Crippen LogP contribution is -2.45. The van der Waals surface area contributed by atoms with E-state index < -0.39 is 0 Å². The number of benzene rings is 1. The molecule has 1 aromatic heterocycles. The molecule has 142 valence electrons. The number of aryl methyl sites for hydroxylation is 1. The number of pyridine rings is 1. The van der Waals surface area contributed by atoms with Crippen LogP contribution in [0.1, 0.15) is 35.0 Å². The van der Waals surface area contributed by atoms with Gasteiger partial charge in [0.1, 0.15) is 0 Å². The number of nitrogens with one attached hydrogen (secondary N) is 1. The Labute approximate surface area is 160 Å². The minimum Gasteiger partial charge on any atom is -0.336 e. The average Bonchev–Trinajstić information content (AvgIpc) is 3.15. The van der Waals surface area contributed by atoms with Crippen LogP contribution in [0.3, 0.4) is 0 Å². The van der Waals surface area contributed by atoms with E-state index in [0.717, 1.165) is 17.7 Å². The zero-order chi connectivity index (χ0) is 19.2. The van der Waals surface area contributed by atoms with Crippen molar-refractivity contribution in [3.05, 3.63) is 65.5 Å². The molecule has 0 radical (unpaired) electrons. The lowest BCUT2D eigenvalue weighted by Gasteiger charge is -2.24. The molecule has 1 saturated heterocycles. The van der Waals surface area contributed by atoms with Crippen LogP contribution in [-0.4, -0.2) is 52.4 Å². The molecule has 1 aliphatic rings. The minimum absolute atomic E-state index is 0.0234. The van der Waals surface area contributed by atoms with Crippen LogP contribution in [0.2, 0.25) is 0 Å². The van der Waals surface area contributed by atoms with E-state index in [0.29, 0.717) is 31.7 Å². The van der Waals surface area contributed by atoms with Gasteiger partial charge in [0, 0.05) is 44.1 Å². The summed E-state index contributed by atoms with van der Waals surface area (Å²) in [5, 5.41) is 3.07. The number of rotatable bonds is 5. The SMILES string of the molecule is CCN(Cc1ccccc1)C(=O)NC1CCN(C(=O)c2ccc(C)nc2)C1. The molecule has 1 unspecified atom stereocenters. The van der Waals surface area contributed by atoms with Crippen molar-refractivity contribution in [2.75, 3.05) is 19.6 Å². The molecule has 1 aliphatic heterocycles. The molecule has 1 fully saturated rings. The van der Waals surface area contributed by atoms with Crippen LogP contribution in [0.15, 0.2) is 48.7 Å². The average molecular weight is 366 g/mol. The summed E-state index contributed by atoms with van der Waals surface area (Å²) in [7, 11) is 0. The van der Waals surface area contributed by atoms with Crippen molar-refractivity contribution in [1.82, 2.24) is 20.1 Å². The van der Waals surface area contributed by atoms with Gasteiger partial charge in [0.2, 0.25) is 0 Å². The molecule has 0 aliphatic carbocycles. The number of likely N-dealkylation sites (tertiary alicyclic amines) is 1. The number of carbonyl (C=O) groups excluding carboxylic acids is 2. The zero-order valence-corrected chi connectivity index (χ0v) is 15.9. The predicted octanol–water partition coefficient (Wildman–Crippen LogP) is 2.84. The number of nitrogens with zero attached hydrogens (tertiary/aromatic N) is 3. The second-order valence-corrected chi connectivity index (χ2v) is 6.87. The number of hydrogen-bond acceptors (Lipinski definition) is 3. The largest absolute Gasteiger partial charge is 0.336 e. The van der Waals surface area contributed by atoms with Gasteiger partial charge in [-0.05, 0) is 38.0 Å². The maximum Gasteiger partial charge on any atom is 0.317 e. The van der Waals surface area contributed by atoms with Gasteiger partial charge in [-0.3, -0.25) is 9.78 Å². The molecule has 1 aromatic carbocycles. The van der Waals surface area contributed by atoms with E-state index in [4.69, 9.17) is 0 Å². The monoisotopic (exact) mass is 366 g/mol. The molecule has 6 heteroatoms. The third kappa shape index (κ3) is 4.84. The van der Waals surface area contributed by atoms with Crippen molar-refractivity contribution in [1.29, 1.82) is 0 Å². The van der Waals surface area contributed by atoms with Crippen LogP contribution in [0.5, 0.6) is 0 Å². The van der Waals surface area contributed by atoms with Crippen LogP contribution in [0.4, 0.5) is 4.79 Å². The Kier molecular flexibility index (Phi) is 6.06. The fourth-order valence-electron chi connectivity index (χ4n) is 3.24. The predicted molar refractivity (Wildman–Crippen MR) is 104 cm³/mol. The zero-order valence-electron chi connectivity index (χ0n) is 15.9. The fourth-order valence-corrected chi connectivity index (χ4v) is 3.24.